The van der Waals surface area contributed by atoms with Crippen LogP contribution in [0.1, 0.15) is 0 Å². The molecule has 0 atom stereocenters. The quantitative estimate of drug-likeness (QED) is 0.727. The van der Waals surface area contributed by atoms with Crippen LogP contribution < -0.4 is 14.6 Å². The van der Waals surface area contributed by atoms with Crippen molar-refractivity contribution in [2.45, 2.75) is 4.90 Å². The fourth-order valence-corrected chi connectivity index (χ4v) is 1.33. The number of methoxy groups -OCH3 is 2. The molecule has 0 saturated carbocycles. The molecule has 0 heterocycles. The van der Waals surface area contributed by atoms with Crippen LogP contribution >= 0.6 is 11.9 Å². The lowest BCUT2D eigenvalue weighted by Gasteiger charge is -2.06. The summed E-state index contributed by atoms with van der Waals surface area (Å²) < 4.78 is 10.1. The Bertz CT molecular complexity index is 265. The molecule has 0 fully saturated rings. The maximum absolute atomic E-state index is 5.43. The smallest absolute Gasteiger partial charge is 0.133 e. The first-order valence-corrected chi connectivity index (χ1v) is 4.28. The molecule has 0 amide bonds. The van der Waals surface area contributed by atoms with E-state index in [0.29, 0.717) is 0 Å². The van der Waals surface area contributed by atoms with E-state index >= 15 is 0 Å². The Morgan fingerprint density at radius 1 is 1.25 bits per heavy atom. The van der Waals surface area contributed by atoms with E-state index in [0.717, 1.165) is 28.3 Å². The van der Waals surface area contributed by atoms with E-state index in [4.69, 9.17) is 14.6 Å². The molecule has 3 nitrogen and oxygen atoms in total. The van der Waals surface area contributed by atoms with Gasteiger partial charge in [0.05, 0.1) is 19.1 Å². The highest BCUT2D eigenvalue weighted by atomic mass is 32.2. The number of rotatable bonds is 3. The molecule has 0 aliphatic carbocycles. The molecule has 2 N–H and O–H groups in total. The lowest BCUT2D eigenvalue weighted by atomic mass is 10.3. The zero-order valence-corrected chi connectivity index (χ0v) is 7.85. The Morgan fingerprint density at radius 3 is 2.50 bits per heavy atom. The fourth-order valence-electron chi connectivity index (χ4n) is 0.876. The van der Waals surface area contributed by atoms with Gasteiger partial charge in [-0.25, -0.2) is 0 Å². The molecule has 0 aliphatic heterocycles. The molecule has 0 aliphatic rings. The van der Waals surface area contributed by atoms with Crippen LogP contribution in [0.15, 0.2) is 23.1 Å². The number of hydrogen-bond acceptors (Lipinski definition) is 4. The van der Waals surface area contributed by atoms with Gasteiger partial charge in [0.1, 0.15) is 11.5 Å². The summed E-state index contributed by atoms with van der Waals surface area (Å²) in [7, 11) is 3.23. The predicted octanol–water partition coefficient (Wildman–Crippen LogP) is 1.67. The zero-order chi connectivity index (χ0) is 8.97. The lowest BCUT2D eigenvalue weighted by molar-refractivity contribution is 0.394. The van der Waals surface area contributed by atoms with Crippen LogP contribution in [0, 0.1) is 0 Å². The predicted molar refractivity (Wildman–Crippen MR) is 49.6 cm³/mol. The molecule has 0 bridgehead atoms. The largest absolute Gasteiger partial charge is 0.497 e. The fraction of sp³-hybridized carbons (Fsp3) is 0.250. The van der Waals surface area contributed by atoms with E-state index < -0.39 is 0 Å². The molecule has 1 rings (SSSR count). The van der Waals surface area contributed by atoms with Gasteiger partial charge < -0.3 is 9.47 Å². The van der Waals surface area contributed by atoms with Crippen molar-refractivity contribution in [3.63, 3.8) is 0 Å². The van der Waals surface area contributed by atoms with Crippen molar-refractivity contribution < 1.29 is 9.47 Å². The average Bonchev–Trinajstić information content (AvgIpc) is 2.16. The second-order valence-corrected chi connectivity index (χ2v) is 2.81. The summed E-state index contributed by atoms with van der Waals surface area (Å²) in [5.41, 5.74) is 0. The highest BCUT2D eigenvalue weighted by Gasteiger charge is 2.02. The zero-order valence-electron chi connectivity index (χ0n) is 7.03. The molecule has 0 spiro atoms. The van der Waals surface area contributed by atoms with Crippen LogP contribution in [0.5, 0.6) is 11.5 Å². The maximum atomic E-state index is 5.43. The highest BCUT2D eigenvalue weighted by Crippen LogP contribution is 2.29. The van der Waals surface area contributed by atoms with E-state index in [1.807, 2.05) is 18.2 Å². The van der Waals surface area contributed by atoms with Crippen LogP contribution in [0.2, 0.25) is 0 Å². The number of nitrogens with two attached hydrogens (primary N) is 1. The van der Waals surface area contributed by atoms with Crippen molar-refractivity contribution >= 4 is 11.9 Å². The second kappa shape index (κ2) is 4.23. The topological polar surface area (TPSA) is 44.5 Å². The molecule has 66 valence electrons. The summed E-state index contributed by atoms with van der Waals surface area (Å²) in [6.45, 7) is 0. The molecular weight excluding hydrogens is 174 g/mol. The van der Waals surface area contributed by atoms with Crippen molar-refractivity contribution in [1.82, 2.24) is 0 Å². The normalized spacial score (nSPS) is 9.58. The summed E-state index contributed by atoms with van der Waals surface area (Å²) in [4.78, 5) is 0.872. The first kappa shape index (κ1) is 9.22. The van der Waals surface area contributed by atoms with Gasteiger partial charge in [0, 0.05) is 0 Å². The van der Waals surface area contributed by atoms with Gasteiger partial charge in [0.15, 0.2) is 0 Å². The van der Waals surface area contributed by atoms with Crippen molar-refractivity contribution in [2.75, 3.05) is 14.2 Å². The highest BCUT2D eigenvalue weighted by molar-refractivity contribution is 7.97. The van der Waals surface area contributed by atoms with Gasteiger partial charge in [-0.3, -0.25) is 5.14 Å². The van der Waals surface area contributed by atoms with Crippen molar-refractivity contribution in [2.24, 2.45) is 5.14 Å². The van der Waals surface area contributed by atoms with Gasteiger partial charge in [-0.1, -0.05) is 0 Å². The average molecular weight is 185 g/mol. The molecule has 0 radical (unpaired) electrons. The first-order chi connectivity index (χ1) is 5.81. The summed E-state index contributed by atoms with van der Waals surface area (Å²) in [5, 5.41) is 5.43. The molecular formula is C8H11NO2S. The molecule has 0 saturated heterocycles. The van der Waals surface area contributed by atoms with Crippen LogP contribution in [-0.2, 0) is 0 Å². The molecule has 0 aromatic heterocycles. The maximum Gasteiger partial charge on any atom is 0.133 e. The summed E-state index contributed by atoms with van der Waals surface area (Å²) in [6.07, 6.45) is 0. The Labute approximate surface area is 76.0 Å². The van der Waals surface area contributed by atoms with Crippen LogP contribution in [0.25, 0.3) is 0 Å². The van der Waals surface area contributed by atoms with E-state index in [1.54, 1.807) is 14.2 Å². The molecule has 1 aromatic rings. The van der Waals surface area contributed by atoms with Crippen molar-refractivity contribution in [1.29, 1.82) is 0 Å². The van der Waals surface area contributed by atoms with Crippen LogP contribution in [0.3, 0.4) is 0 Å². The lowest BCUT2D eigenvalue weighted by Crippen LogP contribution is -1.90. The SMILES string of the molecule is COc1ccc(OC)c(SN)c1. The Kier molecular flexibility index (Phi) is 3.25. The molecule has 0 unspecified atom stereocenters. The monoisotopic (exact) mass is 185 g/mol. The van der Waals surface area contributed by atoms with E-state index in [1.165, 1.54) is 0 Å². The summed E-state index contributed by atoms with van der Waals surface area (Å²) in [5.74, 6) is 1.55. The van der Waals surface area contributed by atoms with E-state index in [9.17, 15) is 0 Å². The molecule has 4 heteroatoms. The third kappa shape index (κ3) is 1.84. The van der Waals surface area contributed by atoms with Gasteiger partial charge >= 0.3 is 0 Å². The van der Waals surface area contributed by atoms with Gasteiger partial charge in [0.25, 0.3) is 0 Å². The summed E-state index contributed by atoms with van der Waals surface area (Å²) in [6, 6.07) is 5.50. The third-order valence-corrected chi connectivity index (χ3v) is 2.07. The van der Waals surface area contributed by atoms with Crippen molar-refractivity contribution in [3.8, 4) is 11.5 Å². The standard InChI is InChI=1S/C8H11NO2S/c1-10-6-3-4-7(11-2)8(5-6)12-9/h3-5H,9H2,1-2H3. The van der Waals surface area contributed by atoms with Crippen LogP contribution in [-0.4, -0.2) is 14.2 Å². The Morgan fingerprint density at radius 2 is 2.00 bits per heavy atom. The molecule has 1 aromatic carbocycles. The van der Waals surface area contributed by atoms with Crippen LogP contribution in [0.4, 0.5) is 0 Å². The van der Waals surface area contributed by atoms with Gasteiger partial charge in [-0.15, -0.1) is 0 Å². The number of ether oxygens (including phenoxy) is 2. The minimum atomic E-state index is 0.767. The van der Waals surface area contributed by atoms with Gasteiger partial charge in [-0.2, -0.15) is 0 Å². The Balaban J connectivity index is 3.02. The van der Waals surface area contributed by atoms with E-state index in [2.05, 4.69) is 0 Å². The second-order valence-electron chi connectivity index (χ2n) is 2.13. The first-order valence-electron chi connectivity index (χ1n) is 3.40. The minimum Gasteiger partial charge on any atom is -0.497 e. The Hall–Kier alpha value is -0.870. The minimum absolute atomic E-state index is 0.767. The van der Waals surface area contributed by atoms with E-state index in [-0.39, 0.29) is 0 Å². The number of hydrogen-bond donors (Lipinski definition) is 1. The van der Waals surface area contributed by atoms with Gasteiger partial charge in [-0.05, 0) is 30.1 Å². The molecule has 12 heavy (non-hydrogen) atoms. The third-order valence-electron chi connectivity index (χ3n) is 1.50. The van der Waals surface area contributed by atoms with Crippen molar-refractivity contribution in [3.05, 3.63) is 18.2 Å². The summed E-state index contributed by atoms with van der Waals surface area (Å²) >= 11 is 1.14. The number of benzene rings is 1. The van der Waals surface area contributed by atoms with Gasteiger partial charge in [0.2, 0.25) is 0 Å².